The Bertz CT molecular complexity index is 433. The van der Waals surface area contributed by atoms with Crippen LogP contribution in [-0.4, -0.2) is 22.8 Å². The van der Waals surface area contributed by atoms with Gasteiger partial charge in [0.15, 0.2) is 0 Å². The van der Waals surface area contributed by atoms with Gasteiger partial charge in [0.25, 0.3) is 0 Å². The first-order valence-electron chi connectivity index (χ1n) is 5.74. The van der Waals surface area contributed by atoms with Crippen molar-refractivity contribution in [1.82, 2.24) is 4.90 Å². The van der Waals surface area contributed by atoms with E-state index in [0.29, 0.717) is 13.0 Å². The lowest BCUT2D eigenvalue weighted by Crippen LogP contribution is -2.38. The molecule has 2 N–H and O–H groups in total. The van der Waals surface area contributed by atoms with Crippen LogP contribution in [0, 0.1) is 11.7 Å². The molecule has 18 heavy (non-hydrogen) atoms. The summed E-state index contributed by atoms with van der Waals surface area (Å²) >= 11 is 4.87. The van der Waals surface area contributed by atoms with Gasteiger partial charge in [-0.15, -0.1) is 0 Å². The first-order valence-corrected chi connectivity index (χ1v) is 6.15. The van der Waals surface area contributed by atoms with Crippen LogP contribution in [0.3, 0.4) is 0 Å². The molecule has 0 aliphatic heterocycles. The summed E-state index contributed by atoms with van der Waals surface area (Å²) in [6.07, 6.45) is 0.585. The number of rotatable bonds is 5. The Morgan fingerprint density at radius 3 is 2.44 bits per heavy atom. The third-order valence-electron chi connectivity index (χ3n) is 2.76. The zero-order chi connectivity index (χ0) is 13.7. The van der Waals surface area contributed by atoms with Crippen molar-refractivity contribution in [1.29, 1.82) is 0 Å². The van der Waals surface area contributed by atoms with Gasteiger partial charge >= 0.3 is 0 Å². The highest BCUT2D eigenvalue weighted by Gasteiger charge is 2.22. The SMILES string of the molecule is CCC(C(=O)N(C)Cc1ccc(F)cc1)C(N)=S. The first kappa shape index (κ1) is 14.6. The highest BCUT2D eigenvalue weighted by atomic mass is 32.1. The van der Waals surface area contributed by atoms with Crippen molar-refractivity contribution in [3.8, 4) is 0 Å². The molecule has 0 aliphatic rings. The molecule has 1 unspecified atom stereocenters. The fourth-order valence-electron chi connectivity index (χ4n) is 1.71. The molecule has 1 aromatic rings. The van der Waals surface area contributed by atoms with Gasteiger partial charge in [-0.05, 0) is 24.1 Å². The Balaban J connectivity index is 2.70. The topological polar surface area (TPSA) is 46.3 Å². The zero-order valence-electron chi connectivity index (χ0n) is 10.5. The summed E-state index contributed by atoms with van der Waals surface area (Å²) in [6, 6.07) is 6.05. The van der Waals surface area contributed by atoms with Crippen LogP contribution in [0.5, 0.6) is 0 Å². The Kier molecular flexibility index (Phi) is 5.22. The maximum absolute atomic E-state index is 12.8. The number of nitrogens with zero attached hydrogens (tertiary/aromatic N) is 1. The summed E-state index contributed by atoms with van der Waals surface area (Å²) in [5, 5.41) is 0. The molecule has 0 heterocycles. The smallest absolute Gasteiger partial charge is 0.232 e. The monoisotopic (exact) mass is 268 g/mol. The van der Waals surface area contributed by atoms with Gasteiger partial charge in [-0.25, -0.2) is 4.39 Å². The van der Waals surface area contributed by atoms with E-state index < -0.39 is 5.92 Å². The number of hydrogen-bond acceptors (Lipinski definition) is 2. The average molecular weight is 268 g/mol. The summed E-state index contributed by atoms with van der Waals surface area (Å²) in [5.41, 5.74) is 6.40. The van der Waals surface area contributed by atoms with Crippen LogP contribution in [0.4, 0.5) is 4.39 Å². The van der Waals surface area contributed by atoms with E-state index in [2.05, 4.69) is 0 Å². The van der Waals surface area contributed by atoms with E-state index in [0.717, 1.165) is 5.56 Å². The second-order valence-electron chi connectivity index (χ2n) is 4.18. The molecule has 1 atom stereocenters. The van der Waals surface area contributed by atoms with Crippen molar-refractivity contribution in [2.75, 3.05) is 7.05 Å². The van der Waals surface area contributed by atoms with Gasteiger partial charge in [0, 0.05) is 13.6 Å². The molecule has 0 saturated heterocycles. The first-order chi connectivity index (χ1) is 8.45. The summed E-state index contributed by atoms with van der Waals surface area (Å²) in [5.74, 6) is -0.818. The number of nitrogens with two attached hydrogens (primary N) is 1. The quantitative estimate of drug-likeness (QED) is 0.832. The number of amides is 1. The Morgan fingerprint density at radius 2 is 2.00 bits per heavy atom. The van der Waals surface area contributed by atoms with Crippen molar-refractivity contribution in [2.45, 2.75) is 19.9 Å². The van der Waals surface area contributed by atoms with Gasteiger partial charge < -0.3 is 10.6 Å². The van der Waals surface area contributed by atoms with Crippen LogP contribution in [0.15, 0.2) is 24.3 Å². The summed E-state index contributed by atoms with van der Waals surface area (Å²) in [7, 11) is 1.69. The molecule has 5 heteroatoms. The second kappa shape index (κ2) is 6.44. The molecular weight excluding hydrogens is 251 g/mol. The molecule has 0 radical (unpaired) electrons. The second-order valence-corrected chi connectivity index (χ2v) is 4.66. The molecule has 0 aliphatic carbocycles. The minimum Gasteiger partial charge on any atom is -0.393 e. The number of hydrogen-bond donors (Lipinski definition) is 1. The van der Waals surface area contributed by atoms with Crippen LogP contribution < -0.4 is 5.73 Å². The number of benzene rings is 1. The lowest BCUT2D eigenvalue weighted by atomic mass is 10.0. The molecule has 0 fully saturated rings. The van der Waals surface area contributed by atoms with Gasteiger partial charge in [-0.2, -0.15) is 0 Å². The molecule has 1 amide bonds. The van der Waals surface area contributed by atoms with Crippen LogP contribution >= 0.6 is 12.2 Å². The maximum Gasteiger partial charge on any atom is 0.232 e. The fraction of sp³-hybridized carbons (Fsp3) is 0.385. The van der Waals surface area contributed by atoms with E-state index >= 15 is 0 Å². The van der Waals surface area contributed by atoms with Crippen molar-refractivity contribution in [2.24, 2.45) is 11.7 Å². The number of thiocarbonyl (C=S) groups is 1. The van der Waals surface area contributed by atoms with Gasteiger partial charge in [0.05, 0.1) is 10.9 Å². The van der Waals surface area contributed by atoms with E-state index in [1.54, 1.807) is 24.1 Å². The van der Waals surface area contributed by atoms with Crippen molar-refractivity contribution in [3.63, 3.8) is 0 Å². The highest BCUT2D eigenvalue weighted by Crippen LogP contribution is 2.11. The average Bonchev–Trinajstić information content (AvgIpc) is 2.32. The zero-order valence-corrected chi connectivity index (χ0v) is 11.3. The van der Waals surface area contributed by atoms with Crippen molar-refractivity contribution < 1.29 is 9.18 Å². The minimum atomic E-state index is -0.426. The minimum absolute atomic E-state index is 0.102. The van der Waals surface area contributed by atoms with Crippen LogP contribution in [0.2, 0.25) is 0 Å². The van der Waals surface area contributed by atoms with Gasteiger partial charge in [0.2, 0.25) is 5.91 Å². The lowest BCUT2D eigenvalue weighted by molar-refractivity contribution is -0.132. The van der Waals surface area contributed by atoms with E-state index in [1.165, 1.54) is 12.1 Å². The van der Waals surface area contributed by atoms with E-state index in [1.807, 2.05) is 6.92 Å². The molecule has 1 aromatic carbocycles. The summed E-state index contributed by atoms with van der Waals surface area (Å²) in [6.45, 7) is 2.28. The van der Waals surface area contributed by atoms with Gasteiger partial charge in [0.1, 0.15) is 5.82 Å². The van der Waals surface area contributed by atoms with E-state index in [4.69, 9.17) is 18.0 Å². The Morgan fingerprint density at radius 1 is 1.44 bits per heavy atom. The predicted molar refractivity (Wildman–Crippen MR) is 73.4 cm³/mol. The third-order valence-corrected chi connectivity index (χ3v) is 3.04. The van der Waals surface area contributed by atoms with Crippen molar-refractivity contribution >= 4 is 23.1 Å². The van der Waals surface area contributed by atoms with E-state index in [9.17, 15) is 9.18 Å². The van der Waals surface area contributed by atoms with Crippen LogP contribution in [0.1, 0.15) is 18.9 Å². The molecule has 0 spiro atoms. The largest absolute Gasteiger partial charge is 0.393 e. The lowest BCUT2D eigenvalue weighted by Gasteiger charge is -2.22. The molecule has 0 bridgehead atoms. The standard InChI is InChI=1S/C13H17FN2OS/c1-3-11(12(15)18)13(17)16(2)8-9-4-6-10(14)7-5-9/h4-7,11H,3,8H2,1-2H3,(H2,15,18). The molecule has 3 nitrogen and oxygen atoms in total. The van der Waals surface area contributed by atoms with Crippen molar-refractivity contribution in [3.05, 3.63) is 35.6 Å². The Hall–Kier alpha value is -1.49. The summed E-state index contributed by atoms with van der Waals surface area (Å²) < 4.78 is 12.8. The van der Waals surface area contributed by atoms with Gasteiger partial charge in [-0.1, -0.05) is 31.3 Å². The third kappa shape index (κ3) is 3.77. The normalized spacial score (nSPS) is 11.9. The molecule has 98 valence electrons. The molecule has 0 saturated carbocycles. The fourth-order valence-corrected chi connectivity index (χ4v) is 1.97. The van der Waals surface area contributed by atoms with Gasteiger partial charge in [-0.3, -0.25) is 4.79 Å². The van der Waals surface area contributed by atoms with Crippen LogP contribution in [-0.2, 0) is 11.3 Å². The molecular formula is C13H17FN2OS. The summed E-state index contributed by atoms with van der Waals surface area (Å²) in [4.78, 5) is 13.8. The number of carbonyl (C=O) groups is 1. The number of carbonyl (C=O) groups excluding carboxylic acids is 1. The van der Waals surface area contributed by atoms with E-state index in [-0.39, 0.29) is 16.7 Å². The predicted octanol–water partition coefficient (Wildman–Crippen LogP) is 2.10. The van der Waals surface area contributed by atoms with Crippen LogP contribution in [0.25, 0.3) is 0 Å². The highest BCUT2D eigenvalue weighted by molar-refractivity contribution is 7.80. The number of halogens is 1. The Labute approximate surface area is 112 Å². The molecule has 0 aromatic heterocycles. The molecule has 1 rings (SSSR count). The maximum atomic E-state index is 12.8.